The van der Waals surface area contributed by atoms with Crippen molar-refractivity contribution >= 4 is 35.1 Å². The predicted octanol–water partition coefficient (Wildman–Crippen LogP) is 5.23. The Balaban J connectivity index is 2.34. The molecule has 1 N–H and O–H groups in total. The number of hydrogen-bond acceptors (Lipinski definition) is 9. The van der Waals surface area contributed by atoms with Gasteiger partial charge >= 0.3 is 11.9 Å². The lowest BCUT2D eigenvalue weighted by Crippen LogP contribution is -2.58. The molecule has 0 radical (unpaired) electrons. The van der Waals surface area contributed by atoms with E-state index in [1.165, 1.54) is 11.3 Å². The number of ether oxygens (including phenoxy) is 2. The fourth-order valence-corrected chi connectivity index (χ4v) is 6.22. The Morgan fingerprint density at radius 2 is 1.81 bits per heavy atom. The van der Waals surface area contributed by atoms with Crippen LogP contribution in [0.5, 0.6) is 0 Å². The number of hydrogen-bond donors (Lipinski definition) is 1. The van der Waals surface area contributed by atoms with Crippen molar-refractivity contribution < 1.29 is 28.7 Å². The normalized spacial score (nSPS) is 19.2. The molecule has 0 saturated carbocycles. The van der Waals surface area contributed by atoms with E-state index in [-0.39, 0.29) is 66.3 Å². The van der Waals surface area contributed by atoms with Gasteiger partial charge in [-0.25, -0.2) is 9.78 Å². The van der Waals surface area contributed by atoms with Gasteiger partial charge in [-0.2, -0.15) is 0 Å². The molecule has 10 nitrogen and oxygen atoms in total. The molecule has 6 atom stereocenters. The third-order valence-corrected chi connectivity index (χ3v) is 9.62. The zero-order chi connectivity index (χ0) is 32.3. The van der Waals surface area contributed by atoms with Crippen LogP contribution in [-0.2, 0) is 23.9 Å². The summed E-state index contributed by atoms with van der Waals surface area (Å²) in [5.74, 6) is -1.06. The number of carbonyl (C=O) groups is 4. The molecule has 1 aromatic heterocycles. The molecule has 244 valence electrons. The molecule has 43 heavy (non-hydrogen) atoms. The summed E-state index contributed by atoms with van der Waals surface area (Å²) >= 11 is 1.24. The number of likely N-dealkylation sites (N-methyl/N-ethyl adjacent to an activating group) is 2. The first kappa shape index (κ1) is 36.7. The Morgan fingerprint density at radius 3 is 2.40 bits per heavy atom. The van der Waals surface area contributed by atoms with Gasteiger partial charge in [-0.05, 0) is 51.1 Å². The Bertz CT molecular complexity index is 1060. The van der Waals surface area contributed by atoms with Crippen molar-refractivity contribution in [1.82, 2.24) is 20.1 Å². The fraction of sp³-hybridized carbons (Fsp3) is 0.781. The van der Waals surface area contributed by atoms with E-state index in [0.717, 1.165) is 38.6 Å². The second-order valence-corrected chi connectivity index (χ2v) is 13.2. The van der Waals surface area contributed by atoms with E-state index in [9.17, 15) is 19.2 Å². The highest BCUT2D eigenvalue weighted by Gasteiger charge is 2.37. The molecule has 2 amide bonds. The van der Waals surface area contributed by atoms with Crippen molar-refractivity contribution in [3.63, 3.8) is 0 Å². The van der Waals surface area contributed by atoms with Crippen molar-refractivity contribution in [3.8, 4) is 0 Å². The molecule has 0 bridgehead atoms. The van der Waals surface area contributed by atoms with Crippen molar-refractivity contribution in [2.45, 2.75) is 118 Å². The third-order valence-electron chi connectivity index (χ3n) is 8.69. The van der Waals surface area contributed by atoms with Gasteiger partial charge in [0.2, 0.25) is 11.8 Å². The first-order valence-electron chi connectivity index (χ1n) is 15.9. The summed E-state index contributed by atoms with van der Waals surface area (Å²) in [6.45, 7) is 14.9. The highest BCUT2D eigenvalue weighted by Crippen LogP contribution is 2.32. The third kappa shape index (κ3) is 10.6. The highest BCUT2D eigenvalue weighted by atomic mass is 32.1. The van der Waals surface area contributed by atoms with Gasteiger partial charge in [0.05, 0.1) is 12.6 Å². The van der Waals surface area contributed by atoms with Crippen LogP contribution in [0.2, 0.25) is 0 Å². The monoisotopic (exact) mass is 622 g/mol. The van der Waals surface area contributed by atoms with E-state index in [0.29, 0.717) is 11.4 Å². The smallest absolute Gasteiger partial charge is 0.357 e. The second-order valence-electron chi connectivity index (χ2n) is 12.3. The molecular formula is C32H54N4O6S. The second kappa shape index (κ2) is 17.7. The van der Waals surface area contributed by atoms with Crippen LogP contribution in [0.25, 0.3) is 0 Å². The summed E-state index contributed by atoms with van der Waals surface area (Å²) in [5, 5.41) is 5.19. The van der Waals surface area contributed by atoms with Crippen molar-refractivity contribution in [2.24, 2.45) is 17.8 Å². The van der Waals surface area contributed by atoms with Crippen molar-refractivity contribution in [2.75, 3.05) is 27.2 Å². The summed E-state index contributed by atoms with van der Waals surface area (Å²) in [4.78, 5) is 61.0. The molecule has 0 spiro atoms. The minimum Gasteiger partial charge on any atom is -0.461 e. The molecule has 0 aromatic carbocycles. The number of rotatable bonds is 16. The van der Waals surface area contributed by atoms with Gasteiger partial charge in [0.1, 0.15) is 11.0 Å². The van der Waals surface area contributed by atoms with Crippen LogP contribution in [0.15, 0.2) is 5.38 Å². The van der Waals surface area contributed by atoms with Crippen molar-refractivity contribution in [3.05, 3.63) is 16.1 Å². The maximum absolute atomic E-state index is 14.1. The van der Waals surface area contributed by atoms with Crippen LogP contribution in [0.1, 0.15) is 115 Å². The molecule has 2 rings (SSSR count). The first-order chi connectivity index (χ1) is 20.3. The average molecular weight is 623 g/mol. The fourth-order valence-electron chi connectivity index (χ4n) is 5.39. The Morgan fingerprint density at radius 1 is 1.12 bits per heavy atom. The minimum atomic E-state index is -0.750. The van der Waals surface area contributed by atoms with E-state index in [1.807, 2.05) is 48.6 Å². The van der Waals surface area contributed by atoms with Crippen LogP contribution in [0.4, 0.5) is 0 Å². The lowest BCUT2D eigenvalue weighted by molar-refractivity contribution is -0.152. The Kier molecular flexibility index (Phi) is 15.1. The lowest BCUT2D eigenvalue weighted by atomic mass is 9.92. The standard InChI is InChI=1S/C32H54N4O6S/c1-10-21(6)17-27(37)42-26(30-33-23(19-43-30)32(40)41-12-3)18-25(20(4)5)36(9)31(39)28(22(7)11-2)34-29(38)24-15-13-14-16-35(24)8/h19-22,24-26,28H,10-18H2,1-9H3,(H,34,38)/t21-,22-,24+,25+,26+,28-/m0/s1. The average Bonchev–Trinajstić information content (AvgIpc) is 3.47. The number of carbonyl (C=O) groups excluding carboxylic acids is 4. The molecule has 1 fully saturated rings. The molecule has 0 unspecified atom stereocenters. The van der Waals surface area contributed by atoms with Gasteiger partial charge in [0, 0.05) is 31.3 Å². The summed E-state index contributed by atoms with van der Waals surface area (Å²) < 4.78 is 11.1. The maximum atomic E-state index is 14.1. The number of piperidine rings is 1. The van der Waals surface area contributed by atoms with E-state index >= 15 is 0 Å². The zero-order valence-corrected chi connectivity index (χ0v) is 28.5. The van der Waals surface area contributed by atoms with E-state index in [4.69, 9.17) is 9.47 Å². The molecule has 1 aliphatic heterocycles. The van der Waals surface area contributed by atoms with E-state index < -0.39 is 18.1 Å². The molecule has 1 aromatic rings. The molecular weight excluding hydrogens is 568 g/mol. The van der Waals surface area contributed by atoms with Crippen LogP contribution < -0.4 is 5.32 Å². The number of esters is 2. The predicted molar refractivity (Wildman–Crippen MR) is 169 cm³/mol. The van der Waals surface area contributed by atoms with Gasteiger partial charge in [0.25, 0.3) is 0 Å². The van der Waals surface area contributed by atoms with Gasteiger partial charge in [-0.15, -0.1) is 11.3 Å². The van der Waals surface area contributed by atoms with Gasteiger partial charge in [-0.3, -0.25) is 19.3 Å². The van der Waals surface area contributed by atoms with Gasteiger partial charge in [0.15, 0.2) is 11.8 Å². The summed E-state index contributed by atoms with van der Waals surface area (Å²) in [7, 11) is 3.71. The summed E-state index contributed by atoms with van der Waals surface area (Å²) in [6, 6.07) is -1.25. The zero-order valence-electron chi connectivity index (χ0n) is 27.7. The highest BCUT2D eigenvalue weighted by molar-refractivity contribution is 7.09. The molecule has 11 heteroatoms. The Labute approximate surface area is 262 Å². The Hall–Kier alpha value is -2.53. The lowest BCUT2D eigenvalue weighted by Gasteiger charge is -2.38. The van der Waals surface area contributed by atoms with Gasteiger partial charge in [-0.1, -0.05) is 60.8 Å². The number of thiazole rings is 1. The van der Waals surface area contributed by atoms with Gasteiger partial charge < -0.3 is 19.7 Å². The largest absolute Gasteiger partial charge is 0.461 e. The number of nitrogens with one attached hydrogen (secondary N) is 1. The van der Waals surface area contributed by atoms with Crippen molar-refractivity contribution in [1.29, 1.82) is 0 Å². The quantitative estimate of drug-likeness (QED) is 0.249. The van der Waals surface area contributed by atoms with E-state index in [2.05, 4.69) is 15.2 Å². The summed E-state index contributed by atoms with van der Waals surface area (Å²) in [5.41, 5.74) is 0.169. The first-order valence-corrected chi connectivity index (χ1v) is 16.8. The minimum absolute atomic E-state index is 0.00645. The summed E-state index contributed by atoms with van der Waals surface area (Å²) in [6.07, 6.45) is 4.22. The maximum Gasteiger partial charge on any atom is 0.357 e. The number of nitrogens with zero attached hydrogens (tertiary/aromatic N) is 3. The van der Waals surface area contributed by atoms with Crippen LogP contribution >= 0.6 is 11.3 Å². The molecule has 1 aliphatic rings. The SMILES string of the molecule is CCOC(=O)c1csc([C@@H](C[C@H](C(C)C)N(C)C(=O)[C@@H](NC(=O)[C@H]2CCCCN2C)[C@@H](C)CC)OC(=O)C[C@@H](C)CC)n1. The van der Waals surface area contributed by atoms with Crippen LogP contribution in [0, 0.1) is 17.8 Å². The number of likely N-dealkylation sites (tertiary alicyclic amines) is 1. The van der Waals surface area contributed by atoms with Crippen LogP contribution in [0.3, 0.4) is 0 Å². The van der Waals surface area contributed by atoms with Crippen LogP contribution in [-0.4, -0.2) is 83.9 Å². The molecule has 0 aliphatic carbocycles. The number of amides is 2. The van der Waals surface area contributed by atoms with E-state index in [1.54, 1.807) is 24.3 Å². The molecule has 1 saturated heterocycles. The molecule has 2 heterocycles. The number of aromatic nitrogens is 1. The topological polar surface area (TPSA) is 118 Å².